The normalized spacial score (nSPS) is 11.5. The Balaban J connectivity index is 0.972. The van der Waals surface area contributed by atoms with Crippen molar-refractivity contribution < 1.29 is 8.83 Å². The van der Waals surface area contributed by atoms with Gasteiger partial charge in [-0.3, -0.25) is 0 Å². The van der Waals surface area contributed by atoms with Crippen LogP contribution in [0.5, 0.6) is 0 Å². The molecule has 0 atom stereocenters. The number of rotatable bonds is 7. The number of hydrogen-bond acceptors (Lipinski definition) is 3. The van der Waals surface area contributed by atoms with E-state index in [-0.39, 0.29) is 0 Å². The van der Waals surface area contributed by atoms with E-state index >= 15 is 0 Å². The van der Waals surface area contributed by atoms with Crippen LogP contribution in [-0.4, -0.2) is 0 Å². The first-order valence-corrected chi connectivity index (χ1v) is 19.3. The predicted molar refractivity (Wildman–Crippen MR) is 237 cm³/mol. The molecule has 2 aromatic heterocycles. The van der Waals surface area contributed by atoms with Gasteiger partial charge in [-0.2, -0.15) is 0 Å². The fourth-order valence-corrected chi connectivity index (χ4v) is 8.27. The van der Waals surface area contributed by atoms with Gasteiger partial charge in [0.25, 0.3) is 0 Å². The van der Waals surface area contributed by atoms with Gasteiger partial charge in [-0.05, 0) is 81.9 Å². The molecule has 0 amide bonds. The van der Waals surface area contributed by atoms with Crippen LogP contribution in [0.25, 0.3) is 88.4 Å². The highest BCUT2D eigenvalue weighted by Crippen LogP contribution is 2.41. The molecule has 11 rings (SSSR count). The van der Waals surface area contributed by atoms with Crippen molar-refractivity contribution in [1.82, 2.24) is 0 Å². The number of benzene rings is 9. The molecule has 0 radical (unpaired) electrons. The number of furan rings is 2. The lowest BCUT2D eigenvalue weighted by Gasteiger charge is -2.26. The Morgan fingerprint density at radius 3 is 1.02 bits per heavy atom. The molecule has 9 aromatic carbocycles. The third-order valence-corrected chi connectivity index (χ3v) is 11.1. The van der Waals surface area contributed by atoms with Crippen molar-refractivity contribution >= 4 is 60.9 Å². The summed E-state index contributed by atoms with van der Waals surface area (Å²) in [5.74, 6) is 0. The molecule has 0 aliphatic heterocycles. The summed E-state index contributed by atoms with van der Waals surface area (Å²) in [5.41, 5.74) is 15.9. The molecule has 3 nitrogen and oxygen atoms in total. The molecule has 57 heavy (non-hydrogen) atoms. The fourth-order valence-electron chi connectivity index (χ4n) is 8.27. The third kappa shape index (κ3) is 5.76. The summed E-state index contributed by atoms with van der Waals surface area (Å²) in [4.78, 5) is 2.32. The topological polar surface area (TPSA) is 29.5 Å². The van der Waals surface area contributed by atoms with Crippen LogP contribution in [-0.2, 0) is 0 Å². The lowest BCUT2D eigenvalue weighted by molar-refractivity contribution is 0.669. The van der Waals surface area contributed by atoms with Gasteiger partial charge in [0.15, 0.2) is 0 Å². The Hall–Kier alpha value is -7.62. The van der Waals surface area contributed by atoms with Crippen LogP contribution < -0.4 is 4.90 Å². The Morgan fingerprint density at radius 1 is 0.246 bits per heavy atom. The van der Waals surface area contributed by atoms with Gasteiger partial charge in [-0.25, -0.2) is 0 Å². The van der Waals surface area contributed by atoms with E-state index in [0.717, 1.165) is 83.2 Å². The van der Waals surface area contributed by atoms with E-state index in [2.05, 4.69) is 193 Å². The number of nitrogens with zero attached hydrogens (tertiary/aromatic N) is 1. The Morgan fingerprint density at radius 2 is 0.579 bits per heavy atom. The second-order valence-electron chi connectivity index (χ2n) is 14.5. The summed E-state index contributed by atoms with van der Waals surface area (Å²) in [7, 11) is 0. The predicted octanol–water partition coefficient (Wildman–Crippen LogP) is 15.6. The monoisotopic (exact) mass is 729 g/mol. The minimum atomic E-state index is 0.901. The van der Waals surface area contributed by atoms with Crippen LogP contribution in [0.1, 0.15) is 0 Å². The second-order valence-corrected chi connectivity index (χ2v) is 14.5. The van der Waals surface area contributed by atoms with E-state index in [4.69, 9.17) is 8.83 Å². The molecule has 268 valence electrons. The van der Waals surface area contributed by atoms with E-state index in [1.807, 2.05) is 24.3 Å². The van der Waals surface area contributed by atoms with Crippen molar-refractivity contribution in [2.24, 2.45) is 0 Å². The van der Waals surface area contributed by atoms with Gasteiger partial charge >= 0.3 is 0 Å². The Kier molecular flexibility index (Phi) is 7.82. The molecule has 0 unspecified atom stereocenters. The van der Waals surface area contributed by atoms with E-state index in [9.17, 15) is 0 Å². The van der Waals surface area contributed by atoms with Crippen LogP contribution in [0.4, 0.5) is 17.1 Å². The number of fused-ring (bicyclic) bond motifs is 6. The van der Waals surface area contributed by atoms with Crippen LogP contribution in [0.2, 0.25) is 0 Å². The highest BCUT2D eigenvalue weighted by molar-refractivity contribution is 6.10. The van der Waals surface area contributed by atoms with Crippen molar-refractivity contribution in [3.63, 3.8) is 0 Å². The van der Waals surface area contributed by atoms with Gasteiger partial charge in [0.2, 0.25) is 0 Å². The Bertz CT molecular complexity index is 3040. The summed E-state index contributed by atoms with van der Waals surface area (Å²) in [6.45, 7) is 0. The first-order chi connectivity index (χ1) is 28.2. The van der Waals surface area contributed by atoms with Crippen LogP contribution in [0.3, 0.4) is 0 Å². The lowest BCUT2D eigenvalue weighted by Crippen LogP contribution is -2.09. The standard InChI is InChI=1S/C54H35NO2/c1-2-10-36(11-3-1)37-20-22-38(23-21-37)39-24-30-42(31-25-39)55(43-32-26-40(27-33-43)45-14-8-16-49-47-12-4-6-18-51(47)56-53(45)49)44-34-28-41(29-35-44)46-15-9-17-50-48-13-5-7-19-52(48)57-54(46)50/h1-35H. The van der Waals surface area contributed by atoms with Gasteiger partial charge in [-0.15, -0.1) is 0 Å². The van der Waals surface area contributed by atoms with Crippen molar-refractivity contribution in [3.05, 3.63) is 212 Å². The molecular formula is C54H35NO2. The van der Waals surface area contributed by atoms with E-state index < -0.39 is 0 Å². The van der Waals surface area contributed by atoms with E-state index in [1.54, 1.807) is 0 Å². The van der Waals surface area contributed by atoms with Crippen molar-refractivity contribution in [1.29, 1.82) is 0 Å². The van der Waals surface area contributed by atoms with E-state index in [1.165, 1.54) is 22.3 Å². The highest BCUT2D eigenvalue weighted by Gasteiger charge is 2.17. The molecule has 0 fully saturated rings. The van der Waals surface area contributed by atoms with Gasteiger partial charge < -0.3 is 13.7 Å². The third-order valence-electron chi connectivity index (χ3n) is 11.1. The molecule has 0 aliphatic rings. The minimum Gasteiger partial charge on any atom is -0.455 e. The smallest absolute Gasteiger partial charge is 0.143 e. The SMILES string of the molecule is c1ccc(-c2ccc(-c3ccc(N(c4ccc(-c5cccc6c5oc5ccccc56)cc4)c4ccc(-c5cccc6c5oc5ccccc56)cc4)cc3)cc2)cc1. The van der Waals surface area contributed by atoms with Gasteiger partial charge in [0.05, 0.1) is 0 Å². The molecule has 0 bridgehead atoms. The summed E-state index contributed by atoms with van der Waals surface area (Å²) < 4.78 is 12.8. The minimum absolute atomic E-state index is 0.901. The van der Waals surface area contributed by atoms with Crippen LogP contribution in [0.15, 0.2) is 221 Å². The fraction of sp³-hybridized carbons (Fsp3) is 0. The second kappa shape index (κ2) is 13.6. The number of para-hydroxylation sites is 4. The molecule has 0 aliphatic carbocycles. The average molecular weight is 730 g/mol. The molecule has 0 N–H and O–H groups in total. The number of hydrogen-bond donors (Lipinski definition) is 0. The zero-order valence-electron chi connectivity index (χ0n) is 31.0. The summed E-state index contributed by atoms with van der Waals surface area (Å²) in [5, 5.41) is 4.52. The average Bonchev–Trinajstić information content (AvgIpc) is 3.87. The summed E-state index contributed by atoms with van der Waals surface area (Å²) in [6.07, 6.45) is 0. The Labute approximate surface area is 330 Å². The molecule has 0 spiro atoms. The van der Waals surface area contributed by atoms with E-state index in [0.29, 0.717) is 0 Å². The van der Waals surface area contributed by atoms with Crippen LogP contribution >= 0.6 is 0 Å². The van der Waals surface area contributed by atoms with Gasteiger partial charge in [0.1, 0.15) is 22.3 Å². The maximum atomic E-state index is 6.41. The van der Waals surface area contributed by atoms with Gasteiger partial charge in [0, 0.05) is 49.7 Å². The lowest BCUT2D eigenvalue weighted by atomic mass is 9.99. The maximum absolute atomic E-state index is 6.41. The molecule has 11 aromatic rings. The largest absolute Gasteiger partial charge is 0.455 e. The summed E-state index contributed by atoms with van der Waals surface area (Å²) in [6, 6.07) is 75.1. The van der Waals surface area contributed by atoms with Crippen molar-refractivity contribution in [2.45, 2.75) is 0 Å². The molecule has 0 saturated heterocycles. The van der Waals surface area contributed by atoms with Crippen LogP contribution in [0, 0.1) is 0 Å². The quantitative estimate of drug-likeness (QED) is 0.164. The molecule has 3 heteroatoms. The maximum Gasteiger partial charge on any atom is 0.143 e. The van der Waals surface area contributed by atoms with Crippen molar-refractivity contribution in [3.8, 4) is 44.5 Å². The molecule has 0 saturated carbocycles. The first kappa shape index (κ1) is 32.8. The van der Waals surface area contributed by atoms with Gasteiger partial charge in [-0.1, -0.05) is 164 Å². The molecule has 2 heterocycles. The van der Waals surface area contributed by atoms with Crippen molar-refractivity contribution in [2.75, 3.05) is 4.90 Å². The molecular weight excluding hydrogens is 695 g/mol. The highest BCUT2D eigenvalue weighted by atomic mass is 16.3. The number of anilines is 3. The first-order valence-electron chi connectivity index (χ1n) is 19.3. The summed E-state index contributed by atoms with van der Waals surface area (Å²) >= 11 is 0. The zero-order chi connectivity index (χ0) is 37.7. The zero-order valence-corrected chi connectivity index (χ0v) is 31.0.